The van der Waals surface area contributed by atoms with Crippen LogP contribution >= 0.6 is 12.2 Å². The van der Waals surface area contributed by atoms with Gasteiger partial charge in [0.15, 0.2) is 0 Å². The predicted molar refractivity (Wildman–Crippen MR) is 74.5 cm³/mol. The monoisotopic (exact) mass is 249 g/mol. The van der Waals surface area contributed by atoms with Crippen LogP contribution in [0.1, 0.15) is 30.4 Å². The number of thiocarbonyl (C=S) groups is 1. The van der Waals surface area contributed by atoms with E-state index >= 15 is 0 Å². The second-order valence-electron chi connectivity index (χ2n) is 5.15. The van der Waals surface area contributed by atoms with E-state index in [-0.39, 0.29) is 5.41 Å². The molecule has 2 nitrogen and oxygen atoms in total. The fourth-order valence-corrected chi connectivity index (χ4v) is 2.48. The lowest BCUT2D eigenvalue weighted by Crippen LogP contribution is -2.21. The Morgan fingerprint density at radius 1 is 1.35 bits per heavy atom. The Balaban J connectivity index is 2.01. The third kappa shape index (κ3) is 2.97. The van der Waals surface area contributed by atoms with E-state index in [1.54, 1.807) is 0 Å². The number of nitrogens with two attached hydrogens (primary N) is 1. The number of ether oxygens (including phenoxy) is 1. The molecule has 0 radical (unpaired) electrons. The number of aryl methyl sites for hydroxylation is 2. The number of benzene rings is 1. The van der Waals surface area contributed by atoms with E-state index in [2.05, 4.69) is 32.0 Å². The number of hydrogen-bond donors (Lipinski definition) is 1. The molecule has 2 rings (SSSR count). The predicted octanol–water partition coefficient (Wildman–Crippen LogP) is 3.14. The van der Waals surface area contributed by atoms with Crippen LogP contribution in [0.25, 0.3) is 0 Å². The van der Waals surface area contributed by atoms with Gasteiger partial charge in [0.1, 0.15) is 5.75 Å². The zero-order chi connectivity index (χ0) is 12.5. The Labute approximate surface area is 108 Å². The molecular formula is C14H19NOS. The average Bonchev–Trinajstić information content (AvgIpc) is 2.96. The van der Waals surface area contributed by atoms with Crippen molar-refractivity contribution in [1.29, 1.82) is 0 Å². The van der Waals surface area contributed by atoms with Crippen molar-refractivity contribution in [2.45, 2.75) is 33.1 Å². The molecule has 0 aliphatic heterocycles. The van der Waals surface area contributed by atoms with Crippen molar-refractivity contribution >= 4 is 17.2 Å². The first-order valence-electron chi connectivity index (χ1n) is 6.00. The smallest absolute Gasteiger partial charge is 0.125 e. The molecule has 0 heterocycles. The van der Waals surface area contributed by atoms with Crippen LogP contribution in [-0.4, -0.2) is 11.6 Å². The van der Waals surface area contributed by atoms with Crippen LogP contribution < -0.4 is 10.5 Å². The summed E-state index contributed by atoms with van der Waals surface area (Å²) in [5.74, 6) is 1.02. The van der Waals surface area contributed by atoms with Gasteiger partial charge in [-0.15, -0.1) is 0 Å². The molecule has 1 saturated carbocycles. The van der Waals surface area contributed by atoms with E-state index < -0.39 is 0 Å². The Morgan fingerprint density at radius 3 is 2.41 bits per heavy atom. The van der Waals surface area contributed by atoms with Crippen LogP contribution in [0, 0.1) is 19.3 Å². The molecule has 1 aromatic carbocycles. The summed E-state index contributed by atoms with van der Waals surface area (Å²) < 4.78 is 5.98. The second kappa shape index (κ2) is 4.65. The minimum absolute atomic E-state index is 0.223. The molecule has 2 N–H and O–H groups in total. The molecule has 1 aliphatic carbocycles. The highest BCUT2D eigenvalue weighted by molar-refractivity contribution is 7.80. The van der Waals surface area contributed by atoms with Gasteiger partial charge in [-0.25, -0.2) is 0 Å². The van der Waals surface area contributed by atoms with Gasteiger partial charge in [-0.2, -0.15) is 0 Å². The maximum Gasteiger partial charge on any atom is 0.125 e. The Morgan fingerprint density at radius 2 is 1.94 bits per heavy atom. The van der Waals surface area contributed by atoms with Gasteiger partial charge in [0.25, 0.3) is 0 Å². The number of hydrogen-bond acceptors (Lipinski definition) is 2. The summed E-state index contributed by atoms with van der Waals surface area (Å²) in [5.41, 5.74) is 8.23. The number of rotatable bonds is 5. The molecular weight excluding hydrogens is 230 g/mol. The van der Waals surface area contributed by atoms with Crippen molar-refractivity contribution in [3.05, 3.63) is 29.3 Å². The van der Waals surface area contributed by atoms with Crippen molar-refractivity contribution in [2.75, 3.05) is 6.61 Å². The molecule has 3 heteroatoms. The van der Waals surface area contributed by atoms with Gasteiger partial charge in [-0.05, 0) is 37.8 Å². The molecule has 0 unspecified atom stereocenters. The summed E-state index contributed by atoms with van der Waals surface area (Å²) in [6.07, 6.45) is 3.16. The summed E-state index contributed by atoms with van der Waals surface area (Å²) in [6, 6.07) is 6.21. The third-order valence-corrected chi connectivity index (χ3v) is 3.58. The van der Waals surface area contributed by atoms with Gasteiger partial charge in [0.2, 0.25) is 0 Å². The zero-order valence-corrected chi connectivity index (χ0v) is 11.3. The summed E-state index contributed by atoms with van der Waals surface area (Å²) in [5, 5.41) is 0. The maximum absolute atomic E-state index is 5.98. The highest BCUT2D eigenvalue weighted by Gasteiger charge is 2.44. The van der Waals surface area contributed by atoms with Crippen molar-refractivity contribution in [1.82, 2.24) is 0 Å². The fraction of sp³-hybridized carbons (Fsp3) is 0.500. The highest BCUT2D eigenvalue weighted by atomic mass is 32.1. The van der Waals surface area contributed by atoms with Crippen molar-refractivity contribution < 1.29 is 4.74 Å². The Hall–Kier alpha value is -1.09. The molecule has 1 aromatic rings. The van der Waals surface area contributed by atoms with Gasteiger partial charge >= 0.3 is 0 Å². The second-order valence-corrected chi connectivity index (χ2v) is 5.68. The van der Waals surface area contributed by atoms with Crippen LogP contribution in [0.3, 0.4) is 0 Å². The van der Waals surface area contributed by atoms with Crippen LogP contribution in [0.2, 0.25) is 0 Å². The zero-order valence-electron chi connectivity index (χ0n) is 10.5. The van der Waals surface area contributed by atoms with E-state index in [0.717, 1.165) is 18.8 Å². The van der Waals surface area contributed by atoms with E-state index in [4.69, 9.17) is 22.7 Å². The lowest BCUT2D eigenvalue weighted by atomic mass is 10.0. The highest BCUT2D eigenvalue weighted by Crippen LogP contribution is 2.49. The summed E-state index contributed by atoms with van der Waals surface area (Å²) in [7, 11) is 0. The van der Waals surface area contributed by atoms with Gasteiger partial charge in [-0.1, -0.05) is 30.4 Å². The van der Waals surface area contributed by atoms with E-state index in [1.165, 1.54) is 24.0 Å². The minimum atomic E-state index is 0.223. The lowest BCUT2D eigenvalue weighted by molar-refractivity contribution is 0.236. The Bertz CT molecular complexity index is 418. The largest absolute Gasteiger partial charge is 0.492 e. The van der Waals surface area contributed by atoms with Crippen molar-refractivity contribution in [3.63, 3.8) is 0 Å². The normalized spacial score (nSPS) is 16.6. The SMILES string of the molecule is Cc1cccc(C)c1OCC1(CC(N)=S)CC1. The van der Waals surface area contributed by atoms with Crippen LogP contribution in [0.5, 0.6) is 5.75 Å². The molecule has 0 aromatic heterocycles. The average molecular weight is 249 g/mol. The summed E-state index contributed by atoms with van der Waals surface area (Å²) >= 11 is 4.99. The standard InChI is InChI=1S/C14H19NOS/c1-10-4-3-5-11(2)13(10)16-9-14(6-7-14)8-12(15)17/h3-5H,6-9H2,1-2H3,(H2,15,17). The molecule has 0 spiro atoms. The third-order valence-electron chi connectivity index (χ3n) is 3.44. The fourth-order valence-electron chi connectivity index (χ4n) is 2.17. The van der Waals surface area contributed by atoms with Gasteiger partial charge in [0.05, 0.1) is 11.6 Å². The topological polar surface area (TPSA) is 35.2 Å². The molecule has 17 heavy (non-hydrogen) atoms. The molecule has 0 bridgehead atoms. The minimum Gasteiger partial charge on any atom is -0.492 e. The van der Waals surface area contributed by atoms with Crippen molar-refractivity contribution in [3.8, 4) is 5.75 Å². The first kappa shape index (κ1) is 12.4. The van der Waals surface area contributed by atoms with Crippen LogP contribution in [0.15, 0.2) is 18.2 Å². The van der Waals surface area contributed by atoms with E-state index in [0.29, 0.717) is 4.99 Å². The van der Waals surface area contributed by atoms with E-state index in [9.17, 15) is 0 Å². The Kier molecular flexibility index (Phi) is 3.38. The molecule has 92 valence electrons. The molecule has 1 fully saturated rings. The maximum atomic E-state index is 5.98. The molecule has 0 saturated heterocycles. The van der Waals surface area contributed by atoms with Crippen molar-refractivity contribution in [2.24, 2.45) is 11.1 Å². The molecule has 0 amide bonds. The summed E-state index contributed by atoms with van der Waals surface area (Å²) in [4.78, 5) is 0.604. The number of para-hydroxylation sites is 1. The quantitative estimate of drug-likeness (QED) is 0.814. The van der Waals surface area contributed by atoms with Crippen LogP contribution in [-0.2, 0) is 0 Å². The van der Waals surface area contributed by atoms with Gasteiger partial charge in [0, 0.05) is 11.8 Å². The first-order valence-corrected chi connectivity index (χ1v) is 6.41. The summed E-state index contributed by atoms with van der Waals surface area (Å²) in [6.45, 7) is 4.89. The van der Waals surface area contributed by atoms with Gasteiger partial charge < -0.3 is 10.5 Å². The van der Waals surface area contributed by atoms with Gasteiger partial charge in [-0.3, -0.25) is 0 Å². The van der Waals surface area contributed by atoms with E-state index in [1.807, 2.05) is 0 Å². The lowest BCUT2D eigenvalue weighted by Gasteiger charge is -2.18. The molecule has 0 atom stereocenters. The van der Waals surface area contributed by atoms with Crippen LogP contribution in [0.4, 0.5) is 0 Å². The first-order chi connectivity index (χ1) is 8.02. The molecule has 1 aliphatic rings.